The Kier molecular flexibility index (Phi) is 6.72. The van der Waals surface area contributed by atoms with Crippen LogP contribution in [0.4, 0.5) is 4.79 Å². The van der Waals surface area contributed by atoms with Crippen molar-refractivity contribution in [2.24, 2.45) is 0 Å². The van der Waals surface area contributed by atoms with E-state index in [2.05, 4.69) is 0 Å². The molecule has 2 aromatic carbocycles. The number of rotatable bonds is 7. The Labute approximate surface area is 201 Å². The number of aliphatic carboxylic acids is 1. The molecule has 2 N–H and O–H groups in total. The minimum Gasteiger partial charge on any atom is -0.490 e. The fourth-order valence-corrected chi connectivity index (χ4v) is 5.33. The van der Waals surface area contributed by atoms with Crippen LogP contribution < -0.4 is 9.47 Å². The average molecular weight is 492 g/mol. The van der Waals surface area contributed by atoms with Gasteiger partial charge in [0.15, 0.2) is 5.75 Å². The van der Waals surface area contributed by atoms with Crippen LogP contribution >= 0.6 is 23.2 Å². The van der Waals surface area contributed by atoms with E-state index >= 15 is 0 Å². The molecule has 9 heteroatoms. The largest absolute Gasteiger partial charge is 0.490 e. The van der Waals surface area contributed by atoms with Gasteiger partial charge in [-0.3, -0.25) is 4.90 Å². The molecule has 1 fully saturated rings. The van der Waals surface area contributed by atoms with E-state index in [1.807, 2.05) is 6.92 Å². The Hall–Kier alpha value is -2.90. The van der Waals surface area contributed by atoms with E-state index in [1.165, 1.54) is 4.90 Å². The number of carboxylic acids is 1. The van der Waals surface area contributed by atoms with Crippen molar-refractivity contribution in [1.29, 1.82) is 0 Å². The number of benzene rings is 2. The van der Waals surface area contributed by atoms with Gasteiger partial charge in [-0.05, 0) is 67.2 Å². The molecule has 4 rings (SSSR count). The summed E-state index contributed by atoms with van der Waals surface area (Å²) in [5.41, 5.74) is 2.55. The molecule has 1 saturated heterocycles. The normalized spacial score (nSPS) is 19.5. The van der Waals surface area contributed by atoms with Gasteiger partial charge in [-0.25, -0.2) is 9.59 Å². The zero-order valence-corrected chi connectivity index (χ0v) is 19.4. The van der Waals surface area contributed by atoms with Gasteiger partial charge in [-0.2, -0.15) is 0 Å². The molecule has 7 nitrogen and oxygen atoms in total. The van der Waals surface area contributed by atoms with Gasteiger partial charge in [0.25, 0.3) is 0 Å². The van der Waals surface area contributed by atoms with Gasteiger partial charge in [-0.15, -0.1) is 0 Å². The number of amides is 1. The van der Waals surface area contributed by atoms with Crippen molar-refractivity contribution in [3.05, 3.63) is 63.1 Å². The van der Waals surface area contributed by atoms with Crippen molar-refractivity contribution in [3.8, 4) is 11.5 Å². The van der Waals surface area contributed by atoms with Crippen LogP contribution in [0.15, 0.2) is 42.0 Å². The van der Waals surface area contributed by atoms with E-state index in [-0.39, 0.29) is 24.8 Å². The third-order valence-electron chi connectivity index (χ3n) is 6.00. The van der Waals surface area contributed by atoms with Crippen molar-refractivity contribution < 1.29 is 29.3 Å². The molecule has 0 saturated carbocycles. The first-order chi connectivity index (χ1) is 15.8. The van der Waals surface area contributed by atoms with E-state index in [0.29, 0.717) is 46.4 Å². The van der Waals surface area contributed by atoms with Crippen LogP contribution in [0.5, 0.6) is 11.5 Å². The van der Waals surface area contributed by atoms with E-state index < -0.39 is 18.1 Å². The summed E-state index contributed by atoms with van der Waals surface area (Å²) < 4.78 is 11.4. The highest BCUT2D eigenvalue weighted by Crippen LogP contribution is 2.43. The molecule has 1 amide bonds. The maximum absolute atomic E-state index is 12.0. The number of aryl methyl sites for hydroxylation is 1. The first-order valence-corrected chi connectivity index (χ1v) is 11.3. The number of halogens is 2. The summed E-state index contributed by atoms with van der Waals surface area (Å²) >= 11 is 12.4. The Balaban J connectivity index is 1.42. The first-order valence-electron chi connectivity index (χ1n) is 10.6. The Morgan fingerprint density at radius 2 is 1.67 bits per heavy atom. The number of ether oxygens (including phenoxy) is 2. The van der Waals surface area contributed by atoms with Crippen LogP contribution in [0.2, 0.25) is 10.0 Å². The topological polar surface area (TPSA) is 96.3 Å². The quantitative estimate of drug-likeness (QED) is 0.495. The third-order valence-corrected chi connectivity index (χ3v) is 6.56. The van der Waals surface area contributed by atoms with Gasteiger partial charge in [-0.1, -0.05) is 35.3 Å². The summed E-state index contributed by atoms with van der Waals surface area (Å²) in [5.74, 6) is -0.0577. The van der Waals surface area contributed by atoms with E-state index in [9.17, 15) is 19.8 Å². The molecule has 174 valence electrons. The molecule has 0 spiro atoms. The first kappa shape index (κ1) is 23.3. The number of carbonyl (C=O) groups is 2. The predicted octanol–water partition coefficient (Wildman–Crippen LogP) is 5.51. The van der Waals surface area contributed by atoms with Gasteiger partial charge in [0.05, 0.1) is 21.7 Å². The van der Waals surface area contributed by atoms with Gasteiger partial charge in [0.2, 0.25) is 0 Å². The molecule has 0 aliphatic carbocycles. The lowest BCUT2D eigenvalue weighted by molar-refractivity contribution is -0.133. The van der Waals surface area contributed by atoms with Crippen molar-refractivity contribution >= 4 is 40.8 Å². The summed E-state index contributed by atoms with van der Waals surface area (Å²) in [6.45, 7) is 2.40. The number of hydrogen-bond acceptors (Lipinski definition) is 4. The number of hydrogen-bond donors (Lipinski definition) is 2. The van der Waals surface area contributed by atoms with Crippen molar-refractivity contribution in [2.75, 3.05) is 13.2 Å². The van der Waals surface area contributed by atoms with Crippen LogP contribution in [-0.2, 0) is 4.79 Å². The molecule has 2 atom stereocenters. The standard InChI is InChI=1S/C24H23Cl2NO6/c1-13-10-18(25)22(19(26)11-13)33-9-8-32-16-5-2-14(3-6-16)17-12-15-4-7-20(21(17)23(28)29)27(15)24(30)31/h2-3,5-6,10-11,15,20H,4,7-9,12H2,1H3,(H,28,29)(H,30,31)/t15-,20+/m0/s1. The van der Waals surface area contributed by atoms with Crippen LogP contribution in [-0.4, -0.2) is 52.5 Å². The molecule has 2 heterocycles. The summed E-state index contributed by atoms with van der Waals surface area (Å²) in [5, 5.41) is 20.2. The second-order valence-corrected chi connectivity index (χ2v) is 8.93. The molecule has 2 bridgehead atoms. The molecule has 2 aromatic rings. The summed E-state index contributed by atoms with van der Waals surface area (Å²) in [4.78, 5) is 24.9. The zero-order chi connectivity index (χ0) is 23.7. The predicted molar refractivity (Wildman–Crippen MR) is 124 cm³/mol. The lowest BCUT2D eigenvalue weighted by atomic mass is 9.88. The van der Waals surface area contributed by atoms with Gasteiger partial charge in [0.1, 0.15) is 19.0 Å². The molecular formula is C24H23Cl2NO6. The summed E-state index contributed by atoms with van der Waals surface area (Å²) in [7, 11) is 0. The van der Waals surface area contributed by atoms with Crippen molar-refractivity contribution in [1.82, 2.24) is 4.90 Å². The highest BCUT2D eigenvalue weighted by atomic mass is 35.5. The molecule has 0 aromatic heterocycles. The molecule has 2 aliphatic rings. The summed E-state index contributed by atoms with van der Waals surface area (Å²) in [6, 6.07) is 9.88. The fraction of sp³-hybridized carbons (Fsp3) is 0.333. The number of fused-ring (bicyclic) bond motifs is 2. The van der Waals surface area contributed by atoms with Gasteiger partial charge < -0.3 is 19.7 Å². The number of nitrogens with zero attached hydrogens (tertiary/aromatic N) is 1. The lowest BCUT2D eigenvalue weighted by Crippen LogP contribution is -2.45. The Morgan fingerprint density at radius 3 is 2.27 bits per heavy atom. The maximum Gasteiger partial charge on any atom is 0.408 e. The SMILES string of the molecule is Cc1cc(Cl)c(OCCOc2ccc(C3=C(C(=O)O)[C@H]4CC[C@@H](C3)N4C(=O)O)cc2)c(Cl)c1. The second kappa shape index (κ2) is 9.53. The minimum atomic E-state index is -1.08. The Morgan fingerprint density at radius 1 is 1.03 bits per heavy atom. The monoisotopic (exact) mass is 491 g/mol. The van der Waals surface area contributed by atoms with Crippen LogP contribution in [0.25, 0.3) is 5.57 Å². The minimum absolute atomic E-state index is 0.167. The smallest absolute Gasteiger partial charge is 0.408 e. The summed E-state index contributed by atoms with van der Waals surface area (Å²) in [6.07, 6.45) is 0.502. The van der Waals surface area contributed by atoms with Crippen LogP contribution in [0.1, 0.15) is 30.4 Å². The maximum atomic E-state index is 12.0. The molecular weight excluding hydrogens is 469 g/mol. The van der Waals surface area contributed by atoms with Crippen LogP contribution in [0, 0.1) is 6.92 Å². The molecule has 0 radical (unpaired) electrons. The molecule has 33 heavy (non-hydrogen) atoms. The molecule has 2 aliphatic heterocycles. The second-order valence-electron chi connectivity index (χ2n) is 8.12. The molecule has 0 unspecified atom stereocenters. The third kappa shape index (κ3) is 4.75. The lowest BCUT2D eigenvalue weighted by Gasteiger charge is -2.34. The van der Waals surface area contributed by atoms with Crippen molar-refractivity contribution in [2.45, 2.75) is 38.3 Å². The highest BCUT2D eigenvalue weighted by molar-refractivity contribution is 6.37. The van der Waals surface area contributed by atoms with Gasteiger partial charge in [0, 0.05) is 6.04 Å². The highest BCUT2D eigenvalue weighted by Gasteiger charge is 2.46. The van der Waals surface area contributed by atoms with E-state index in [1.54, 1.807) is 36.4 Å². The Bertz CT molecular complexity index is 1090. The van der Waals surface area contributed by atoms with E-state index in [4.69, 9.17) is 32.7 Å². The average Bonchev–Trinajstić information content (AvgIpc) is 3.06. The number of carboxylic acid groups (broad SMARTS) is 2. The van der Waals surface area contributed by atoms with Crippen LogP contribution in [0.3, 0.4) is 0 Å². The fourth-order valence-electron chi connectivity index (χ4n) is 4.63. The zero-order valence-electron chi connectivity index (χ0n) is 17.9. The van der Waals surface area contributed by atoms with E-state index in [0.717, 1.165) is 11.1 Å². The van der Waals surface area contributed by atoms with Crippen molar-refractivity contribution in [3.63, 3.8) is 0 Å². The van der Waals surface area contributed by atoms with Gasteiger partial charge >= 0.3 is 12.1 Å².